The zero-order valence-corrected chi connectivity index (χ0v) is 9.21. The van der Waals surface area contributed by atoms with Gasteiger partial charge in [0.25, 0.3) is 11.9 Å². The zero-order chi connectivity index (χ0) is 12.6. The molecule has 6 nitrogen and oxygen atoms in total. The molecular formula is C11H12N2O4. The van der Waals surface area contributed by atoms with Crippen molar-refractivity contribution < 1.29 is 14.8 Å². The molecule has 1 heterocycles. The van der Waals surface area contributed by atoms with E-state index in [2.05, 4.69) is 5.32 Å². The number of hydrogen-bond acceptors (Lipinski definition) is 4. The molecule has 1 aliphatic heterocycles. The first kappa shape index (κ1) is 11.5. The summed E-state index contributed by atoms with van der Waals surface area (Å²) in [5.74, 6) is -0.734. The number of aliphatic hydroxyl groups is 1. The molecule has 0 bridgehead atoms. The first-order chi connectivity index (χ1) is 8.01. The lowest BCUT2D eigenvalue weighted by atomic mass is 9.86. The highest BCUT2D eigenvalue weighted by atomic mass is 16.6. The van der Waals surface area contributed by atoms with Crippen molar-refractivity contribution in [1.29, 1.82) is 0 Å². The van der Waals surface area contributed by atoms with Crippen LogP contribution in [0.1, 0.15) is 18.9 Å². The second kappa shape index (κ2) is 3.81. The summed E-state index contributed by atoms with van der Waals surface area (Å²) in [4.78, 5) is 22.1. The average Bonchev–Trinajstić information content (AvgIpc) is 2.53. The molecule has 1 aliphatic rings. The SMILES string of the molecule is CC[C@@H]([N+](=O)[O-])[C@]1(O)C(=O)Nc2ccccc21. The van der Waals surface area contributed by atoms with Crippen molar-refractivity contribution in [3.63, 3.8) is 0 Å². The maximum absolute atomic E-state index is 11.8. The molecule has 17 heavy (non-hydrogen) atoms. The Morgan fingerprint density at radius 1 is 1.53 bits per heavy atom. The minimum atomic E-state index is -2.07. The third-order valence-corrected chi connectivity index (χ3v) is 3.06. The number of anilines is 1. The molecule has 6 heteroatoms. The maximum Gasteiger partial charge on any atom is 0.268 e. The van der Waals surface area contributed by atoms with E-state index in [0.29, 0.717) is 5.69 Å². The molecule has 90 valence electrons. The summed E-state index contributed by atoms with van der Waals surface area (Å²) in [7, 11) is 0. The number of nitrogens with one attached hydrogen (secondary N) is 1. The largest absolute Gasteiger partial charge is 0.370 e. The van der Waals surface area contributed by atoms with Gasteiger partial charge in [-0.25, -0.2) is 0 Å². The first-order valence-corrected chi connectivity index (χ1v) is 5.28. The molecule has 2 atom stereocenters. The first-order valence-electron chi connectivity index (χ1n) is 5.28. The van der Waals surface area contributed by atoms with Crippen molar-refractivity contribution in [3.05, 3.63) is 39.9 Å². The lowest BCUT2D eigenvalue weighted by Gasteiger charge is -2.23. The standard InChI is InChI=1S/C11H12N2O4/c1-2-9(13(16)17)11(15)7-5-3-4-6-8(7)12-10(11)14/h3-6,9,15H,2H2,1H3,(H,12,14)/t9-,11+/m1/s1. The number of para-hydroxylation sites is 1. The maximum atomic E-state index is 11.8. The van der Waals surface area contributed by atoms with Crippen molar-refractivity contribution in [3.8, 4) is 0 Å². The van der Waals surface area contributed by atoms with Crippen molar-refractivity contribution in [2.24, 2.45) is 0 Å². The lowest BCUT2D eigenvalue weighted by Crippen LogP contribution is -2.49. The Labute approximate surface area is 97.4 Å². The van der Waals surface area contributed by atoms with Crippen molar-refractivity contribution in [2.45, 2.75) is 25.0 Å². The number of amides is 1. The zero-order valence-electron chi connectivity index (χ0n) is 9.21. The molecule has 0 radical (unpaired) electrons. The van der Waals surface area contributed by atoms with E-state index in [-0.39, 0.29) is 12.0 Å². The molecule has 2 N–H and O–H groups in total. The van der Waals surface area contributed by atoms with E-state index in [1.165, 1.54) is 6.07 Å². The van der Waals surface area contributed by atoms with Crippen LogP contribution in [0.5, 0.6) is 0 Å². The van der Waals surface area contributed by atoms with Gasteiger partial charge in [-0.2, -0.15) is 0 Å². The monoisotopic (exact) mass is 236 g/mol. The van der Waals surface area contributed by atoms with Crippen LogP contribution in [-0.4, -0.2) is 22.0 Å². The Bertz CT molecular complexity index is 488. The molecule has 1 amide bonds. The van der Waals surface area contributed by atoms with Crippen LogP contribution in [0.4, 0.5) is 5.69 Å². The van der Waals surface area contributed by atoms with Crippen molar-refractivity contribution >= 4 is 11.6 Å². The van der Waals surface area contributed by atoms with Gasteiger partial charge in [-0.15, -0.1) is 0 Å². The number of hydrogen-bond donors (Lipinski definition) is 2. The minimum Gasteiger partial charge on any atom is -0.370 e. The van der Waals surface area contributed by atoms with Gasteiger partial charge in [0.1, 0.15) is 0 Å². The van der Waals surface area contributed by atoms with Gasteiger partial charge in [-0.1, -0.05) is 25.1 Å². The van der Waals surface area contributed by atoms with Crippen molar-refractivity contribution in [2.75, 3.05) is 5.32 Å². The summed E-state index contributed by atoms with van der Waals surface area (Å²) in [5, 5.41) is 23.8. The summed E-state index contributed by atoms with van der Waals surface area (Å²) in [6, 6.07) is 5.12. The molecule has 1 aromatic carbocycles. The Balaban J connectivity index is 2.57. The van der Waals surface area contributed by atoms with Crippen LogP contribution in [0.3, 0.4) is 0 Å². The van der Waals surface area contributed by atoms with Gasteiger partial charge in [0.05, 0.1) is 0 Å². The van der Waals surface area contributed by atoms with Gasteiger partial charge < -0.3 is 10.4 Å². The summed E-state index contributed by atoms with van der Waals surface area (Å²) in [6.45, 7) is 1.57. The normalized spacial score (nSPS) is 24.0. The number of benzene rings is 1. The Hall–Kier alpha value is -1.95. The smallest absolute Gasteiger partial charge is 0.268 e. The molecule has 0 unspecified atom stereocenters. The molecule has 1 aromatic rings. The van der Waals surface area contributed by atoms with Gasteiger partial charge >= 0.3 is 0 Å². The van der Waals surface area contributed by atoms with E-state index in [1.54, 1.807) is 25.1 Å². The van der Waals surface area contributed by atoms with Gasteiger partial charge in [0.2, 0.25) is 5.60 Å². The molecule has 0 spiro atoms. The Kier molecular flexibility index (Phi) is 2.59. The van der Waals surface area contributed by atoms with E-state index < -0.39 is 22.5 Å². The van der Waals surface area contributed by atoms with E-state index in [1.807, 2.05) is 0 Å². The molecule has 0 saturated heterocycles. The quantitative estimate of drug-likeness (QED) is 0.602. The summed E-state index contributed by atoms with van der Waals surface area (Å²) >= 11 is 0. The number of carbonyl (C=O) groups excluding carboxylic acids is 1. The highest BCUT2D eigenvalue weighted by Crippen LogP contribution is 2.39. The van der Waals surface area contributed by atoms with E-state index in [0.717, 1.165) is 0 Å². The third kappa shape index (κ3) is 1.49. The lowest BCUT2D eigenvalue weighted by molar-refractivity contribution is -0.543. The van der Waals surface area contributed by atoms with Crippen LogP contribution < -0.4 is 5.32 Å². The number of nitro groups is 1. The van der Waals surface area contributed by atoms with Crippen LogP contribution in [0, 0.1) is 10.1 Å². The van der Waals surface area contributed by atoms with Gasteiger partial charge in [-0.3, -0.25) is 14.9 Å². The number of nitrogens with zero attached hydrogens (tertiary/aromatic N) is 1. The van der Waals surface area contributed by atoms with E-state index in [9.17, 15) is 20.0 Å². The third-order valence-electron chi connectivity index (χ3n) is 3.06. The molecular weight excluding hydrogens is 224 g/mol. The second-order valence-corrected chi connectivity index (χ2v) is 3.98. The number of fused-ring (bicyclic) bond motifs is 1. The topological polar surface area (TPSA) is 92.5 Å². The van der Waals surface area contributed by atoms with Crippen LogP contribution >= 0.6 is 0 Å². The predicted octanol–water partition coefficient (Wildman–Crippen LogP) is 0.882. The fraction of sp³-hybridized carbons (Fsp3) is 0.364. The van der Waals surface area contributed by atoms with Gasteiger partial charge in [0.15, 0.2) is 0 Å². The highest BCUT2D eigenvalue weighted by Gasteiger charge is 2.56. The molecule has 2 rings (SSSR count). The van der Waals surface area contributed by atoms with E-state index in [4.69, 9.17) is 0 Å². The highest BCUT2D eigenvalue weighted by molar-refractivity contribution is 6.05. The minimum absolute atomic E-state index is 0.0747. The van der Waals surface area contributed by atoms with E-state index >= 15 is 0 Å². The molecule has 0 fully saturated rings. The number of rotatable bonds is 3. The number of carbonyl (C=O) groups is 1. The van der Waals surface area contributed by atoms with Gasteiger partial charge in [0, 0.05) is 22.6 Å². The Morgan fingerprint density at radius 3 is 2.76 bits per heavy atom. The molecule has 0 aliphatic carbocycles. The summed E-state index contributed by atoms with van der Waals surface area (Å²) in [5.41, 5.74) is -1.37. The van der Waals surface area contributed by atoms with Crippen LogP contribution in [0.15, 0.2) is 24.3 Å². The predicted molar refractivity (Wildman–Crippen MR) is 60.0 cm³/mol. The van der Waals surface area contributed by atoms with Crippen LogP contribution in [0.25, 0.3) is 0 Å². The molecule has 0 saturated carbocycles. The Morgan fingerprint density at radius 2 is 2.18 bits per heavy atom. The summed E-state index contributed by atoms with van der Waals surface area (Å²) < 4.78 is 0. The fourth-order valence-corrected chi connectivity index (χ4v) is 2.19. The summed E-state index contributed by atoms with van der Waals surface area (Å²) in [6.07, 6.45) is 0.0747. The fourth-order valence-electron chi connectivity index (χ4n) is 2.19. The second-order valence-electron chi connectivity index (χ2n) is 3.98. The van der Waals surface area contributed by atoms with Crippen molar-refractivity contribution in [1.82, 2.24) is 0 Å². The van der Waals surface area contributed by atoms with Gasteiger partial charge in [-0.05, 0) is 6.07 Å². The average molecular weight is 236 g/mol. The van der Waals surface area contributed by atoms with Crippen LogP contribution in [0.2, 0.25) is 0 Å². The molecule has 0 aromatic heterocycles. The van der Waals surface area contributed by atoms with Crippen LogP contribution in [-0.2, 0) is 10.4 Å².